The van der Waals surface area contributed by atoms with E-state index in [1.54, 1.807) is 6.07 Å². The number of nitrogens with one attached hydrogen (secondary N) is 1. The molecule has 6 rings (SSSR count). The lowest BCUT2D eigenvalue weighted by Gasteiger charge is -2.13. The molecule has 1 aliphatic rings. The number of hydrogen-bond acceptors (Lipinski definition) is 4. The molecule has 3 aromatic heterocycles. The van der Waals surface area contributed by atoms with Crippen LogP contribution in [-0.2, 0) is 0 Å². The van der Waals surface area contributed by atoms with Gasteiger partial charge in [-0.25, -0.2) is 4.98 Å². The van der Waals surface area contributed by atoms with E-state index in [9.17, 15) is 5.21 Å². The molecule has 1 fully saturated rings. The number of benzene rings is 2. The Morgan fingerprint density at radius 3 is 2.68 bits per heavy atom. The van der Waals surface area contributed by atoms with Gasteiger partial charge in [-0.15, -0.1) is 0 Å². The Morgan fingerprint density at radius 2 is 1.94 bits per heavy atom. The number of fused-ring (bicyclic) bond motifs is 2. The van der Waals surface area contributed by atoms with E-state index >= 15 is 0 Å². The molecule has 1 aliphatic carbocycles. The highest BCUT2D eigenvalue weighted by Crippen LogP contribution is 2.43. The van der Waals surface area contributed by atoms with E-state index in [4.69, 9.17) is 9.51 Å². The Hall–Kier alpha value is -3.67. The molecule has 0 bridgehead atoms. The predicted octanol–water partition coefficient (Wildman–Crippen LogP) is 5.47. The molecular weight excluding hydrogens is 388 g/mol. The SMILES string of the molecule is Cc1ccc2c(ccc[n+]2[O-])c1-c1cc(-c2c(C)noc2C)cc2[nH]c(C3CC3)nc12. The van der Waals surface area contributed by atoms with Gasteiger partial charge < -0.3 is 14.7 Å². The van der Waals surface area contributed by atoms with Crippen LogP contribution >= 0.6 is 0 Å². The minimum atomic E-state index is 0.514. The van der Waals surface area contributed by atoms with Crippen LogP contribution in [0.3, 0.4) is 0 Å². The summed E-state index contributed by atoms with van der Waals surface area (Å²) in [5.74, 6) is 2.35. The van der Waals surface area contributed by atoms with Gasteiger partial charge in [0.25, 0.3) is 0 Å². The van der Waals surface area contributed by atoms with E-state index in [0.717, 1.165) is 66.2 Å². The van der Waals surface area contributed by atoms with Gasteiger partial charge in [0.1, 0.15) is 11.6 Å². The number of aryl methyl sites for hydroxylation is 3. The van der Waals surface area contributed by atoms with Crippen LogP contribution in [0.4, 0.5) is 0 Å². The highest BCUT2D eigenvalue weighted by Gasteiger charge is 2.28. The minimum Gasteiger partial charge on any atom is -0.618 e. The summed E-state index contributed by atoms with van der Waals surface area (Å²) in [6.45, 7) is 5.98. The third-order valence-electron chi connectivity index (χ3n) is 6.31. The van der Waals surface area contributed by atoms with Crippen LogP contribution < -0.4 is 4.73 Å². The quantitative estimate of drug-likeness (QED) is 0.316. The zero-order valence-electron chi connectivity index (χ0n) is 17.7. The van der Waals surface area contributed by atoms with Crippen molar-refractivity contribution in [3.63, 3.8) is 0 Å². The fourth-order valence-electron chi connectivity index (χ4n) is 4.65. The third kappa shape index (κ3) is 2.75. The Labute approximate surface area is 179 Å². The molecule has 0 unspecified atom stereocenters. The van der Waals surface area contributed by atoms with Gasteiger partial charge in [-0.2, -0.15) is 4.73 Å². The second kappa shape index (κ2) is 6.41. The second-order valence-electron chi connectivity index (χ2n) is 8.54. The lowest BCUT2D eigenvalue weighted by molar-refractivity contribution is -0.577. The van der Waals surface area contributed by atoms with Crippen molar-refractivity contribution in [2.45, 2.75) is 39.5 Å². The van der Waals surface area contributed by atoms with Crippen LogP contribution in [0.2, 0.25) is 0 Å². The fraction of sp³-hybridized carbons (Fsp3) is 0.240. The highest BCUT2D eigenvalue weighted by molar-refractivity contribution is 6.05. The molecule has 6 heteroatoms. The van der Waals surface area contributed by atoms with Crippen molar-refractivity contribution in [1.29, 1.82) is 0 Å². The molecule has 2 aromatic carbocycles. The zero-order valence-corrected chi connectivity index (χ0v) is 17.7. The summed E-state index contributed by atoms with van der Waals surface area (Å²) in [6.07, 6.45) is 3.89. The van der Waals surface area contributed by atoms with Gasteiger partial charge in [-0.1, -0.05) is 11.2 Å². The van der Waals surface area contributed by atoms with Crippen molar-refractivity contribution in [2.75, 3.05) is 0 Å². The maximum Gasteiger partial charge on any atom is 0.224 e. The molecule has 5 aromatic rings. The van der Waals surface area contributed by atoms with Gasteiger partial charge in [0.05, 0.1) is 22.1 Å². The maximum atomic E-state index is 12.5. The average molecular weight is 410 g/mol. The van der Waals surface area contributed by atoms with Crippen molar-refractivity contribution < 1.29 is 9.25 Å². The van der Waals surface area contributed by atoms with Crippen molar-refractivity contribution in [1.82, 2.24) is 15.1 Å². The normalized spacial score (nSPS) is 14.0. The molecule has 0 spiro atoms. The molecule has 3 heterocycles. The van der Waals surface area contributed by atoms with Crippen LogP contribution in [-0.4, -0.2) is 15.1 Å². The maximum absolute atomic E-state index is 12.5. The number of pyridine rings is 1. The molecular formula is C25H22N4O2. The average Bonchev–Trinajstić information content (AvgIpc) is 3.42. The molecule has 0 amide bonds. The number of aromatic amines is 1. The first-order valence-corrected chi connectivity index (χ1v) is 10.6. The zero-order chi connectivity index (χ0) is 21.3. The number of H-pyrrole nitrogens is 1. The predicted molar refractivity (Wildman–Crippen MR) is 120 cm³/mol. The standard InChI is InChI=1S/C25H22N4O2/c1-13-6-9-21-18(5-4-10-29(21)30)22(13)19-11-17(23-14(2)28-31-15(23)3)12-20-24(19)27-25(26-20)16-7-8-16/h4-6,9-12,16H,7-8H2,1-3H3,(H,26,27). The fourth-order valence-corrected chi connectivity index (χ4v) is 4.65. The van der Waals surface area contributed by atoms with Crippen molar-refractivity contribution in [3.8, 4) is 22.3 Å². The van der Waals surface area contributed by atoms with Gasteiger partial charge in [0, 0.05) is 34.7 Å². The molecule has 1 saturated carbocycles. The molecule has 0 atom stereocenters. The number of imidazole rings is 1. The van der Waals surface area contributed by atoms with Crippen molar-refractivity contribution >= 4 is 21.9 Å². The Kier molecular flexibility index (Phi) is 3.75. The summed E-state index contributed by atoms with van der Waals surface area (Å²) in [4.78, 5) is 8.57. The lowest BCUT2D eigenvalue weighted by Crippen LogP contribution is -2.25. The summed E-state index contributed by atoms with van der Waals surface area (Å²) < 4.78 is 6.37. The van der Waals surface area contributed by atoms with Gasteiger partial charge in [-0.05, 0) is 62.9 Å². The largest absolute Gasteiger partial charge is 0.618 e. The topological polar surface area (TPSA) is 81.6 Å². The van der Waals surface area contributed by atoms with Gasteiger partial charge in [-0.3, -0.25) is 0 Å². The Balaban J connectivity index is 1.73. The van der Waals surface area contributed by atoms with Crippen LogP contribution in [0, 0.1) is 26.0 Å². The molecule has 154 valence electrons. The van der Waals surface area contributed by atoms with E-state index in [1.807, 2.05) is 32.0 Å². The number of rotatable bonds is 3. The summed E-state index contributed by atoms with van der Waals surface area (Å²) in [5.41, 5.74) is 8.64. The number of nitrogens with zero attached hydrogens (tertiary/aromatic N) is 3. The first-order valence-electron chi connectivity index (χ1n) is 10.6. The minimum absolute atomic E-state index is 0.514. The molecule has 31 heavy (non-hydrogen) atoms. The lowest BCUT2D eigenvalue weighted by atomic mass is 9.91. The molecule has 0 saturated heterocycles. The van der Waals surface area contributed by atoms with Crippen LogP contribution in [0.15, 0.2) is 47.1 Å². The molecule has 1 N–H and O–H groups in total. The van der Waals surface area contributed by atoms with E-state index in [-0.39, 0.29) is 0 Å². The monoisotopic (exact) mass is 410 g/mol. The number of hydrogen-bond donors (Lipinski definition) is 1. The van der Waals surface area contributed by atoms with Crippen molar-refractivity contribution in [2.24, 2.45) is 0 Å². The highest BCUT2D eigenvalue weighted by atomic mass is 16.5. The van der Waals surface area contributed by atoms with Crippen molar-refractivity contribution in [3.05, 3.63) is 70.6 Å². The van der Waals surface area contributed by atoms with E-state index in [0.29, 0.717) is 11.4 Å². The molecule has 6 nitrogen and oxygen atoms in total. The molecule has 0 aliphatic heterocycles. The first kappa shape index (κ1) is 18.1. The van der Waals surface area contributed by atoms with Gasteiger partial charge in [0.15, 0.2) is 6.20 Å². The summed E-state index contributed by atoms with van der Waals surface area (Å²) in [7, 11) is 0. The summed E-state index contributed by atoms with van der Waals surface area (Å²) >= 11 is 0. The summed E-state index contributed by atoms with van der Waals surface area (Å²) in [6, 6.07) is 12.0. The Morgan fingerprint density at radius 1 is 1.10 bits per heavy atom. The van der Waals surface area contributed by atoms with E-state index < -0.39 is 0 Å². The third-order valence-corrected chi connectivity index (χ3v) is 6.31. The Bertz CT molecular complexity index is 1470. The summed E-state index contributed by atoms with van der Waals surface area (Å²) in [5, 5.41) is 17.5. The van der Waals surface area contributed by atoms with E-state index in [1.165, 1.54) is 19.0 Å². The number of aromatic nitrogens is 4. The van der Waals surface area contributed by atoms with Crippen LogP contribution in [0.1, 0.15) is 41.6 Å². The molecule has 0 radical (unpaired) electrons. The van der Waals surface area contributed by atoms with Gasteiger partial charge in [0.2, 0.25) is 5.52 Å². The van der Waals surface area contributed by atoms with Gasteiger partial charge >= 0.3 is 0 Å². The smallest absolute Gasteiger partial charge is 0.224 e. The van der Waals surface area contributed by atoms with E-state index in [2.05, 4.69) is 29.2 Å². The van der Waals surface area contributed by atoms with Crippen LogP contribution in [0.25, 0.3) is 44.2 Å². The second-order valence-corrected chi connectivity index (χ2v) is 8.54. The van der Waals surface area contributed by atoms with Crippen LogP contribution in [0.5, 0.6) is 0 Å². The first-order chi connectivity index (χ1) is 15.0.